The van der Waals surface area contributed by atoms with E-state index < -0.39 is 13.8 Å². The second kappa shape index (κ2) is 3.90. The molecule has 0 unspecified atom stereocenters. The van der Waals surface area contributed by atoms with Crippen LogP contribution < -0.4 is 5.32 Å². The number of carbonyl (C=O) groups excluding carboxylic acids is 1. The first-order valence-corrected chi connectivity index (χ1v) is 7.92. The molecule has 0 fully saturated rings. The summed E-state index contributed by atoms with van der Waals surface area (Å²) in [6.45, 7) is 3.62. The van der Waals surface area contributed by atoms with E-state index in [0.29, 0.717) is 5.69 Å². The van der Waals surface area contributed by atoms with Crippen LogP contribution in [0.2, 0.25) is 0 Å². The Morgan fingerprint density at radius 2 is 2.00 bits per heavy atom. The summed E-state index contributed by atoms with van der Waals surface area (Å²) in [5.41, 5.74) is 0.487. The van der Waals surface area contributed by atoms with Crippen LogP contribution in [0.5, 0.6) is 0 Å². The van der Waals surface area contributed by atoms with Gasteiger partial charge in [0.25, 0.3) is 9.05 Å². The second-order valence-corrected chi connectivity index (χ2v) is 8.39. The highest BCUT2D eigenvalue weighted by Gasteiger charge is 2.34. The minimum Gasteiger partial charge on any atom is -0.324 e. The zero-order chi connectivity index (χ0) is 12.8. The van der Waals surface area contributed by atoms with Crippen LogP contribution in [0.1, 0.15) is 13.8 Å². The summed E-state index contributed by atoms with van der Waals surface area (Å²) in [6.07, 6.45) is 0. The van der Waals surface area contributed by atoms with Crippen molar-refractivity contribution in [2.24, 2.45) is 0 Å². The topological polar surface area (TPSA) is 63.2 Å². The molecule has 0 saturated carbocycles. The maximum atomic E-state index is 11.7. The summed E-state index contributed by atoms with van der Waals surface area (Å²) < 4.78 is 21.8. The summed E-state index contributed by atoms with van der Waals surface area (Å²) in [7, 11) is 1.48. The Morgan fingerprint density at radius 1 is 1.35 bits per heavy atom. The van der Waals surface area contributed by atoms with Crippen molar-refractivity contribution in [3.05, 3.63) is 18.2 Å². The van der Waals surface area contributed by atoms with E-state index in [1.165, 1.54) is 23.9 Å². The number of carbonyl (C=O) groups is 1. The number of anilines is 1. The van der Waals surface area contributed by atoms with Gasteiger partial charge in [0.15, 0.2) is 0 Å². The van der Waals surface area contributed by atoms with Crippen molar-refractivity contribution in [3.8, 4) is 0 Å². The van der Waals surface area contributed by atoms with E-state index in [1.807, 2.05) is 13.8 Å². The van der Waals surface area contributed by atoms with Gasteiger partial charge >= 0.3 is 0 Å². The van der Waals surface area contributed by atoms with Gasteiger partial charge in [0.05, 0.1) is 15.3 Å². The van der Waals surface area contributed by atoms with Gasteiger partial charge in [0, 0.05) is 15.6 Å². The molecule has 7 heteroatoms. The van der Waals surface area contributed by atoms with E-state index in [-0.39, 0.29) is 10.8 Å². The summed E-state index contributed by atoms with van der Waals surface area (Å²) in [6, 6.07) is 4.45. The standard InChI is InChI=1S/C10H10ClNO3S2/c1-10(2)9(13)12-7-5-6(17(11,14)15)3-4-8(7)16-10/h3-5H,1-2H3,(H,12,13). The molecule has 4 nitrogen and oxygen atoms in total. The first-order chi connectivity index (χ1) is 7.70. The molecule has 1 amide bonds. The highest BCUT2D eigenvalue weighted by molar-refractivity contribution is 8.13. The number of nitrogens with one attached hydrogen (secondary N) is 1. The van der Waals surface area contributed by atoms with Gasteiger partial charge in [0.2, 0.25) is 5.91 Å². The molecule has 0 saturated heterocycles. The molecule has 1 aromatic rings. The lowest BCUT2D eigenvalue weighted by Gasteiger charge is -2.29. The summed E-state index contributed by atoms with van der Waals surface area (Å²) >= 11 is 1.39. The molecular weight excluding hydrogens is 282 g/mol. The SMILES string of the molecule is CC1(C)Sc2ccc(S(=O)(=O)Cl)cc2NC1=O. The Morgan fingerprint density at radius 3 is 2.59 bits per heavy atom. The van der Waals surface area contributed by atoms with Gasteiger partial charge in [-0.05, 0) is 32.0 Å². The number of fused-ring (bicyclic) bond motifs is 1. The minimum absolute atomic E-state index is 0.0153. The Bertz CT molecular complexity index is 596. The monoisotopic (exact) mass is 291 g/mol. The molecule has 1 aliphatic rings. The summed E-state index contributed by atoms with van der Waals surface area (Å²) in [5.74, 6) is -0.154. The maximum Gasteiger partial charge on any atom is 0.261 e. The Hall–Kier alpha value is -0.720. The lowest BCUT2D eigenvalue weighted by atomic mass is 10.1. The van der Waals surface area contributed by atoms with E-state index in [4.69, 9.17) is 10.7 Å². The highest BCUT2D eigenvalue weighted by atomic mass is 35.7. The summed E-state index contributed by atoms with van der Waals surface area (Å²) in [5, 5.41) is 2.68. The molecule has 0 spiro atoms. The van der Waals surface area contributed by atoms with Crippen molar-refractivity contribution in [3.63, 3.8) is 0 Å². The Kier molecular flexibility index (Phi) is 2.92. The first kappa shape index (κ1) is 12.7. The van der Waals surface area contributed by atoms with Gasteiger partial charge in [-0.2, -0.15) is 0 Å². The number of halogens is 1. The van der Waals surface area contributed by atoms with E-state index in [0.717, 1.165) is 4.90 Å². The van der Waals surface area contributed by atoms with Crippen molar-refractivity contribution in [2.45, 2.75) is 28.4 Å². The molecule has 0 aliphatic carbocycles. The van der Waals surface area contributed by atoms with Crippen LogP contribution in [-0.4, -0.2) is 19.1 Å². The fraction of sp³-hybridized carbons (Fsp3) is 0.300. The molecule has 1 aromatic carbocycles. The quantitative estimate of drug-likeness (QED) is 0.807. The van der Waals surface area contributed by atoms with Crippen molar-refractivity contribution >= 4 is 43.1 Å². The Balaban J connectivity index is 2.50. The third-order valence-electron chi connectivity index (χ3n) is 2.39. The lowest BCUT2D eigenvalue weighted by Crippen LogP contribution is -2.37. The zero-order valence-corrected chi connectivity index (χ0v) is 11.5. The predicted molar refractivity (Wildman–Crippen MR) is 68.0 cm³/mol. The predicted octanol–water partition coefficient (Wildman–Crippen LogP) is 2.44. The minimum atomic E-state index is -3.77. The molecule has 17 heavy (non-hydrogen) atoms. The average Bonchev–Trinajstić information content (AvgIpc) is 2.17. The molecule has 0 atom stereocenters. The van der Waals surface area contributed by atoms with Gasteiger partial charge in [-0.15, -0.1) is 11.8 Å². The van der Waals surface area contributed by atoms with Gasteiger partial charge in [0.1, 0.15) is 0 Å². The smallest absolute Gasteiger partial charge is 0.261 e. The number of rotatable bonds is 1. The van der Waals surface area contributed by atoms with E-state index in [2.05, 4.69) is 5.32 Å². The highest BCUT2D eigenvalue weighted by Crippen LogP contribution is 2.42. The van der Waals surface area contributed by atoms with Crippen LogP contribution in [0.25, 0.3) is 0 Å². The third kappa shape index (κ3) is 2.43. The molecule has 1 aliphatic heterocycles. The number of amides is 1. The van der Waals surface area contributed by atoms with Crippen LogP contribution in [-0.2, 0) is 13.8 Å². The number of hydrogen-bond acceptors (Lipinski definition) is 4. The number of benzene rings is 1. The fourth-order valence-electron chi connectivity index (χ4n) is 1.44. The van der Waals surface area contributed by atoms with E-state index in [9.17, 15) is 13.2 Å². The van der Waals surface area contributed by atoms with Crippen molar-refractivity contribution in [1.29, 1.82) is 0 Å². The number of thioether (sulfide) groups is 1. The van der Waals surface area contributed by atoms with Crippen LogP contribution in [0.3, 0.4) is 0 Å². The lowest BCUT2D eigenvalue weighted by molar-refractivity contribution is -0.117. The number of hydrogen-bond donors (Lipinski definition) is 1. The van der Waals surface area contributed by atoms with Crippen molar-refractivity contribution in [1.82, 2.24) is 0 Å². The van der Waals surface area contributed by atoms with E-state index in [1.54, 1.807) is 6.07 Å². The zero-order valence-electron chi connectivity index (χ0n) is 9.15. The van der Waals surface area contributed by atoms with E-state index >= 15 is 0 Å². The summed E-state index contributed by atoms with van der Waals surface area (Å²) in [4.78, 5) is 12.5. The molecular formula is C10H10ClNO3S2. The van der Waals surface area contributed by atoms with Gasteiger partial charge in [-0.1, -0.05) is 0 Å². The molecule has 2 rings (SSSR count). The Labute approximate surface area is 108 Å². The normalized spacial score (nSPS) is 18.4. The average molecular weight is 292 g/mol. The van der Waals surface area contributed by atoms with Crippen LogP contribution >= 0.6 is 22.4 Å². The largest absolute Gasteiger partial charge is 0.324 e. The molecule has 1 N–H and O–H groups in total. The molecule has 1 heterocycles. The van der Waals surface area contributed by atoms with Gasteiger partial charge in [-0.25, -0.2) is 8.42 Å². The van der Waals surface area contributed by atoms with Gasteiger partial charge < -0.3 is 5.32 Å². The molecule has 0 radical (unpaired) electrons. The van der Waals surface area contributed by atoms with Crippen LogP contribution in [0.15, 0.2) is 28.0 Å². The third-order valence-corrected chi connectivity index (χ3v) is 5.02. The molecule has 0 aromatic heterocycles. The van der Waals surface area contributed by atoms with Crippen LogP contribution in [0.4, 0.5) is 5.69 Å². The van der Waals surface area contributed by atoms with Crippen molar-refractivity contribution in [2.75, 3.05) is 5.32 Å². The molecule has 92 valence electrons. The van der Waals surface area contributed by atoms with Crippen molar-refractivity contribution < 1.29 is 13.2 Å². The molecule has 0 bridgehead atoms. The first-order valence-electron chi connectivity index (χ1n) is 4.79. The van der Waals surface area contributed by atoms with Gasteiger partial charge in [-0.3, -0.25) is 4.79 Å². The van der Waals surface area contributed by atoms with Crippen LogP contribution in [0, 0.1) is 0 Å². The fourth-order valence-corrected chi connectivity index (χ4v) is 3.27. The second-order valence-electron chi connectivity index (χ2n) is 4.16. The maximum absolute atomic E-state index is 11.7.